The second-order valence-corrected chi connectivity index (χ2v) is 7.47. The first kappa shape index (κ1) is 20.0. The van der Waals surface area contributed by atoms with Crippen LogP contribution in [0.15, 0.2) is 29.3 Å². The Kier molecular flexibility index (Phi) is 6.72. The zero-order valence-electron chi connectivity index (χ0n) is 15.2. The van der Waals surface area contributed by atoms with Gasteiger partial charge >= 0.3 is 0 Å². The molecular formula is C20H20N4O3S. The molecule has 0 aliphatic carbocycles. The molecule has 3 rings (SSSR count). The molecule has 2 heterocycles. The molecule has 8 heteroatoms. The summed E-state index contributed by atoms with van der Waals surface area (Å²) in [6.07, 6.45) is 1.76. The Morgan fingerprint density at radius 1 is 1.18 bits per heavy atom. The van der Waals surface area contributed by atoms with Gasteiger partial charge < -0.3 is 20.3 Å². The normalized spacial score (nSPS) is 14.2. The van der Waals surface area contributed by atoms with Gasteiger partial charge in [0.25, 0.3) is 0 Å². The summed E-state index contributed by atoms with van der Waals surface area (Å²) in [6.45, 7) is 1.49. The SMILES string of the molecule is N#Cc1c(N)nc(SC2CCOCC2)c(C#N)c1-c1ccc(OCCO)cc1. The second kappa shape index (κ2) is 9.43. The van der Waals surface area contributed by atoms with Gasteiger partial charge in [0.1, 0.15) is 40.9 Å². The van der Waals surface area contributed by atoms with E-state index in [1.807, 2.05) is 0 Å². The number of nitrogens with zero attached hydrogens (tertiary/aromatic N) is 3. The summed E-state index contributed by atoms with van der Waals surface area (Å²) in [6, 6.07) is 11.3. The number of nitriles is 2. The molecule has 3 N–H and O–H groups in total. The van der Waals surface area contributed by atoms with E-state index in [0.29, 0.717) is 45.9 Å². The molecule has 1 aliphatic rings. The van der Waals surface area contributed by atoms with E-state index >= 15 is 0 Å². The molecule has 0 amide bonds. The molecule has 1 aromatic heterocycles. The average Bonchev–Trinajstić information content (AvgIpc) is 2.73. The molecule has 1 fully saturated rings. The van der Waals surface area contributed by atoms with E-state index < -0.39 is 0 Å². The van der Waals surface area contributed by atoms with Gasteiger partial charge in [-0.05, 0) is 30.5 Å². The number of hydrogen-bond acceptors (Lipinski definition) is 8. The Morgan fingerprint density at radius 3 is 2.46 bits per heavy atom. The molecule has 7 nitrogen and oxygen atoms in total. The highest BCUT2D eigenvalue weighted by Crippen LogP contribution is 2.39. The Bertz CT molecular complexity index is 913. The fourth-order valence-electron chi connectivity index (χ4n) is 3.01. The highest BCUT2D eigenvalue weighted by molar-refractivity contribution is 7.99. The number of aliphatic hydroxyl groups excluding tert-OH is 1. The van der Waals surface area contributed by atoms with Crippen molar-refractivity contribution in [1.82, 2.24) is 4.98 Å². The number of anilines is 1. The first-order valence-electron chi connectivity index (χ1n) is 8.90. The molecule has 0 unspecified atom stereocenters. The maximum atomic E-state index is 9.84. The van der Waals surface area contributed by atoms with E-state index in [2.05, 4.69) is 17.1 Å². The number of aromatic nitrogens is 1. The van der Waals surface area contributed by atoms with Crippen molar-refractivity contribution < 1.29 is 14.6 Å². The Morgan fingerprint density at radius 2 is 1.86 bits per heavy atom. The zero-order valence-corrected chi connectivity index (χ0v) is 16.0. The number of hydrogen-bond donors (Lipinski definition) is 2. The van der Waals surface area contributed by atoms with E-state index in [-0.39, 0.29) is 24.6 Å². The third-order valence-electron chi connectivity index (χ3n) is 4.37. The van der Waals surface area contributed by atoms with Gasteiger partial charge in [-0.1, -0.05) is 12.1 Å². The van der Waals surface area contributed by atoms with Crippen molar-refractivity contribution >= 4 is 17.6 Å². The van der Waals surface area contributed by atoms with Crippen LogP contribution < -0.4 is 10.5 Å². The molecular weight excluding hydrogens is 376 g/mol. The van der Waals surface area contributed by atoms with Crippen molar-refractivity contribution in [2.24, 2.45) is 0 Å². The standard InChI is InChI=1S/C20H20N4O3S/c21-11-16-18(13-1-3-14(4-2-13)27-10-7-25)17(12-22)20(24-19(16)23)28-15-5-8-26-9-6-15/h1-4,15,25H,5-10H2,(H2,23,24). The third-order valence-corrected chi connectivity index (χ3v) is 5.69. The van der Waals surface area contributed by atoms with Crippen molar-refractivity contribution in [2.45, 2.75) is 23.1 Å². The molecule has 1 aliphatic heterocycles. The van der Waals surface area contributed by atoms with Crippen molar-refractivity contribution in [3.8, 4) is 29.0 Å². The summed E-state index contributed by atoms with van der Waals surface area (Å²) >= 11 is 1.52. The topological polar surface area (TPSA) is 125 Å². The van der Waals surface area contributed by atoms with E-state index in [0.717, 1.165) is 12.8 Å². The van der Waals surface area contributed by atoms with Crippen molar-refractivity contribution in [2.75, 3.05) is 32.2 Å². The van der Waals surface area contributed by atoms with Crippen LogP contribution in [0.25, 0.3) is 11.1 Å². The van der Waals surface area contributed by atoms with Gasteiger partial charge in [0, 0.05) is 24.0 Å². The summed E-state index contributed by atoms with van der Waals surface area (Å²) in [7, 11) is 0. The quantitative estimate of drug-likeness (QED) is 0.763. The van der Waals surface area contributed by atoms with Crippen LogP contribution in [0.1, 0.15) is 24.0 Å². The summed E-state index contributed by atoms with van der Waals surface area (Å²) in [5.74, 6) is 0.709. The Balaban J connectivity index is 2.03. The number of benzene rings is 1. The number of nitrogen functional groups attached to an aromatic ring is 1. The molecule has 0 bridgehead atoms. The van der Waals surface area contributed by atoms with Gasteiger partial charge in [-0.3, -0.25) is 0 Å². The molecule has 0 saturated carbocycles. The van der Waals surface area contributed by atoms with Gasteiger partial charge in [0.2, 0.25) is 0 Å². The van der Waals surface area contributed by atoms with Crippen LogP contribution in [0, 0.1) is 22.7 Å². The number of aliphatic hydroxyl groups is 1. The molecule has 28 heavy (non-hydrogen) atoms. The van der Waals surface area contributed by atoms with Gasteiger partial charge in [-0.2, -0.15) is 10.5 Å². The minimum atomic E-state index is -0.0768. The van der Waals surface area contributed by atoms with E-state index in [9.17, 15) is 10.5 Å². The number of nitrogens with two attached hydrogens (primary N) is 1. The Labute approximate surface area is 167 Å². The van der Waals surface area contributed by atoms with Gasteiger partial charge in [0.05, 0.1) is 12.2 Å². The smallest absolute Gasteiger partial charge is 0.143 e. The van der Waals surface area contributed by atoms with Crippen LogP contribution in [0.5, 0.6) is 5.75 Å². The third kappa shape index (κ3) is 4.37. The number of pyridine rings is 1. The van der Waals surface area contributed by atoms with Crippen molar-refractivity contribution in [1.29, 1.82) is 10.5 Å². The molecule has 1 aromatic carbocycles. The summed E-state index contributed by atoms with van der Waals surface area (Å²) in [4.78, 5) is 4.36. The lowest BCUT2D eigenvalue weighted by atomic mass is 9.97. The van der Waals surface area contributed by atoms with E-state index in [1.54, 1.807) is 24.3 Å². The summed E-state index contributed by atoms with van der Waals surface area (Å²) in [5, 5.41) is 29.2. The highest BCUT2D eigenvalue weighted by Gasteiger charge is 2.24. The number of rotatable bonds is 6. The highest BCUT2D eigenvalue weighted by atomic mass is 32.2. The van der Waals surface area contributed by atoms with Crippen LogP contribution in [0.3, 0.4) is 0 Å². The first-order valence-corrected chi connectivity index (χ1v) is 9.78. The zero-order chi connectivity index (χ0) is 19.9. The van der Waals surface area contributed by atoms with Gasteiger partial charge in [0.15, 0.2) is 0 Å². The van der Waals surface area contributed by atoms with Gasteiger partial charge in [-0.25, -0.2) is 4.98 Å². The lowest BCUT2D eigenvalue weighted by Crippen LogP contribution is -2.18. The maximum Gasteiger partial charge on any atom is 0.143 e. The van der Waals surface area contributed by atoms with E-state index in [4.69, 9.17) is 20.3 Å². The fourth-order valence-corrected chi connectivity index (χ4v) is 4.17. The number of thioether (sulfide) groups is 1. The van der Waals surface area contributed by atoms with Gasteiger partial charge in [-0.15, -0.1) is 11.8 Å². The van der Waals surface area contributed by atoms with Crippen LogP contribution >= 0.6 is 11.8 Å². The molecule has 0 atom stereocenters. The maximum absolute atomic E-state index is 9.84. The molecule has 1 saturated heterocycles. The predicted octanol–water partition coefficient (Wildman–Crippen LogP) is 2.72. The Hall–Kier alpha value is -2.78. The molecule has 144 valence electrons. The first-order chi connectivity index (χ1) is 13.7. The van der Waals surface area contributed by atoms with Crippen LogP contribution in [0.2, 0.25) is 0 Å². The lowest BCUT2D eigenvalue weighted by Gasteiger charge is -2.22. The van der Waals surface area contributed by atoms with E-state index in [1.165, 1.54) is 11.8 Å². The second-order valence-electron chi connectivity index (χ2n) is 6.18. The average molecular weight is 396 g/mol. The van der Waals surface area contributed by atoms with Crippen LogP contribution in [-0.4, -0.2) is 41.8 Å². The minimum Gasteiger partial charge on any atom is -0.491 e. The number of ether oxygens (including phenoxy) is 2. The largest absolute Gasteiger partial charge is 0.491 e. The van der Waals surface area contributed by atoms with Crippen LogP contribution in [0.4, 0.5) is 5.82 Å². The predicted molar refractivity (Wildman–Crippen MR) is 106 cm³/mol. The lowest BCUT2D eigenvalue weighted by molar-refractivity contribution is 0.1000. The molecule has 0 radical (unpaired) electrons. The fraction of sp³-hybridized carbons (Fsp3) is 0.350. The van der Waals surface area contributed by atoms with Crippen LogP contribution in [-0.2, 0) is 4.74 Å². The minimum absolute atomic E-state index is 0.0768. The molecule has 2 aromatic rings. The summed E-state index contributed by atoms with van der Waals surface area (Å²) < 4.78 is 10.8. The van der Waals surface area contributed by atoms with Crippen molar-refractivity contribution in [3.63, 3.8) is 0 Å². The van der Waals surface area contributed by atoms with Crippen molar-refractivity contribution in [3.05, 3.63) is 35.4 Å². The molecule has 0 spiro atoms. The summed E-state index contributed by atoms with van der Waals surface area (Å²) in [5.41, 5.74) is 7.78. The monoisotopic (exact) mass is 396 g/mol.